The van der Waals surface area contributed by atoms with Gasteiger partial charge in [-0.2, -0.15) is 0 Å². The molecule has 3 rings (SSSR count). The molecule has 2 aromatic carbocycles. The maximum Gasteiger partial charge on any atom is 0.408 e. The van der Waals surface area contributed by atoms with Gasteiger partial charge in [-0.3, -0.25) is 4.57 Å². The quantitative estimate of drug-likeness (QED) is 0.682. The lowest BCUT2D eigenvalue weighted by molar-refractivity contribution is 0.0505. The molecule has 0 aliphatic heterocycles. The minimum Gasteiger partial charge on any atom is -0.444 e. The molecular formula is C20H22ClN3O2. The van der Waals surface area contributed by atoms with Crippen LogP contribution in [0.3, 0.4) is 0 Å². The number of hydrogen-bond acceptors (Lipinski definition) is 3. The highest BCUT2D eigenvalue weighted by molar-refractivity contribution is 6.31. The molecule has 0 spiro atoms. The monoisotopic (exact) mass is 371 g/mol. The van der Waals surface area contributed by atoms with E-state index >= 15 is 0 Å². The summed E-state index contributed by atoms with van der Waals surface area (Å²) in [6, 6.07) is 15.1. The smallest absolute Gasteiger partial charge is 0.408 e. The number of imidazole rings is 1. The number of halogens is 1. The molecule has 5 nitrogen and oxygen atoms in total. The predicted octanol–water partition coefficient (Wildman–Crippen LogP) is 5.26. The summed E-state index contributed by atoms with van der Waals surface area (Å²) in [5.74, 6) is 0.708. The van der Waals surface area contributed by atoms with E-state index < -0.39 is 11.7 Å². The van der Waals surface area contributed by atoms with Crippen LogP contribution in [0.15, 0.2) is 48.5 Å². The number of carbonyl (C=O) groups is 1. The molecule has 1 heterocycles. The van der Waals surface area contributed by atoms with Crippen LogP contribution in [0.25, 0.3) is 16.7 Å². The average molecular weight is 372 g/mol. The summed E-state index contributed by atoms with van der Waals surface area (Å²) in [4.78, 5) is 16.9. The van der Waals surface area contributed by atoms with E-state index in [0.717, 1.165) is 16.7 Å². The molecule has 0 fully saturated rings. The fourth-order valence-corrected chi connectivity index (χ4v) is 2.92. The van der Waals surface area contributed by atoms with Gasteiger partial charge < -0.3 is 10.1 Å². The van der Waals surface area contributed by atoms with Crippen molar-refractivity contribution in [3.63, 3.8) is 0 Å². The van der Waals surface area contributed by atoms with E-state index in [1.165, 1.54) is 0 Å². The molecule has 0 aliphatic carbocycles. The molecule has 0 saturated carbocycles. The third-order valence-electron chi connectivity index (χ3n) is 3.78. The third kappa shape index (κ3) is 3.99. The summed E-state index contributed by atoms with van der Waals surface area (Å²) in [7, 11) is 0. The Morgan fingerprint density at radius 3 is 2.54 bits per heavy atom. The van der Waals surface area contributed by atoms with Crippen molar-refractivity contribution < 1.29 is 9.53 Å². The molecule has 1 aromatic heterocycles. The lowest BCUT2D eigenvalue weighted by Gasteiger charge is -2.22. The van der Waals surface area contributed by atoms with Gasteiger partial charge in [-0.1, -0.05) is 29.8 Å². The van der Waals surface area contributed by atoms with Gasteiger partial charge >= 0.3 is 6.09 Å². The molecule has 0 aliphatic rings. The number of ether oxygens (including phenoxy) is 1. The maximum atomic E-state index is 12.2. The van der Waals surface area contributed by atoms with Gasteiger partial charge in [0.25, 0.3) is 0 Å². The highest BCUT2D eigenvalue weighted by atomic mass is 35.5. The molecule has 136 valence electrons. The highest BCUT2D eigenvalue weighted by Crippen LogP contribution is 2.27. The third-order valence-corrected chi connectivity index (χ3v) is 4.01. The van der Waals surface area contributed by atoms with Crippen molar-refractivity contribution in [3.8, 4) is 5.69 Å². The number of nitrogens with one attached hydrogen (secondary N) is 1. The summed E-state index contributed by atoms with van der Waals surface area (Å²) in [6.07, 6.45) is -0.477. The summed E-state index contributed by atoms with van der Waals surface area (Å²) in [5.41, 5.74) is 2.09. The number of alkyl carbamates (subject to hydrolysis) is 1. The van der Waals surface area contributed by atoms with Crippen molar-refractivity contribution in [1.82, 2.24) is 14.9 Å². The van der Waals surface area contributed by atoms with Crippen LogP contribution >= 0.6 is 11.6 Å². The van der Waals surface area contributed by atoms with E-state index in [4.69, 9.17) is 21.3 Å². The molecule has 1 amide bonds. The Bertz CT molecular complexity index is 929. The minimum absolute atomic E-state index is 0.351. The van der Waals surface area contributed by atoms with Gasteiger partial charge in [-0.25, -0.2) is 9.78 Å². The van der Waals surface area contributed by atoms with Crippen LogP contribution in [-0.4, -0.2) is 21.2 Å². The largest absolute Gasteiger partial charge is 0.444 e. The van der Waals surface area contributed by atoms with Crippen molar-refractivity contribution in [2.75, 3.05) is 0 Å². The van der Waals surface area contributed by atoms with E-state index in [9.17, 15) is 4.79 Å². The molecule has 26 heavy (non-hydrogen) atoms. The van der Waals surface area contributed by atoms with Crippen molar-refractivity contribution in [1.29, 1.82) is 0 Å². The molecule has 0 radical (unpaired) electrons. The minimum atomic E-state index is -0.559. The van der Waals surface area contributed by atoms with E-state index in [-0.39, 0.29) is 6.04 Å². The number of carbonyl (C=O) groups excluding carboxylic acids is 1. The zero-order chi connectivity index (χ0) is 18.9. The first-order valence-corrected chi connectivity index (χ1v) is 8.85. The van der Waals surface area contributed by atoms with Gasteiger partial charge in [-0.05, 0) is 58.0 Å². The molecule has 6 heteroatoms. The van der Waals surface area contributed by atoms with Crippen molar-refractivity contribution >= 4 is 28.7 Å². The first-order valence-electron chi connectivity index (χ1n) is 8.47. The van der Waals surface area contributed by atoms with Crippen LogP contribution < -0.4 is 5.32 Å². The number of para-hydroxylation sites is 1. The summed E-state index contributed by atoms with van der Waals surface area (Å²) < 4.78 is 7.36. The number of fused-ring (bicyclic) bond motifs is 1. The summed E-state index contributed by atoms with van der Waals surface area (Å²) in [6.45, 7) is 7.38. The van der Waals surface area contributed by atoms with E-state index in [1.807, 2.05) is 80.8 Å². The van der Waals surface area contributed by atoms with Crippen LogP contribution in [0.4, 0.5) is 4.79 Å². The maximum absolute atomic E-state index is 12.2. The molecule has 0 unspecified atom stereocenters. The number of amides is 1. The Balaban J connectivity index is 2.04. The van der Waals surface area contributed by atoms with Crippen LogP contribution in [0.2, 0.25) is 5.02 Å². The zero-order valence-corrected chi connectivity index (χ0v) is 16.0. The number of hydrogen-bond donors (Lipinski definition) is 1. The van der Waals surface area contributed by atoms with Gasteiger partial charge in [0.15, 0.2) is 0 Å². The van der Waals surface area contributed by atoms with Crippen molar-refractivity contribution in [2.45, 2.75) is 39.3 Å². The van der Waals surface area contributed by atoms with E-state index in [1.54, 1.807) is 0 Å². The lowest BCUT2D eigenvalue weighted by atomic mass is 10.2. The first kappa shape index (κ1) is 18.3. The van der Waals surface area contributed by atoms with Gasteiger partial charge in [0, 0.05) is 10.7 Å². The van der Waals surface area contributed by atoms with Crippen molar-refractivity contribution in [2.24, 2.45) is 0 Å². The Morgan fingerprint density at radius 2 is 1.88 bits per heavy atom. The van der Waals surface area contributed by atoms with Crippen molar-refractivity contribution in [3.05, 3.63) is 59.4 Å². The Morgan fingerprint density at radius 1 is 1.19 bits per heavy atom. The van der Waals surface area contributed by atoms with E-state index in [2.05, 4.69) is 5.32 Å². The Kier molecular flexibility index (Phi) is 4.92. The predicted molar refractivity (Wildman–Crippen MR) is 104 cm³/mol. The number of rotatable bonds is 3. The summed E-state index contributed by atoms with van der Waals surface area (Å²) >= 11 is 6.19. The van der Waals surface area contributed by atoms with Gasteiger partial charge in [0.05, 0.1) is 17.1 Å². The van der Waals surface area contributed by atoms with Gasteiger partial charge in [0.2, 0.25) is 0 Å². The van der Waals surface area contributed by atoms with Crippen LogP contribution in [0, 0.1) is 0 Å². The molecule has 1 atom stereocenters. The molecule has 0 bridgehead atoms. The average Bonchev–Trinajstić information content (AvgIpc) is 2.92. The standard InChI is InChI=1S/C20H22ClN3O2/c1-13(22-19(25)26-20(2,3)4)18-23-16-11-10-14(21)12-17(16)24(18)15-8-6-5-7-9-15/h5-13H,1-4H3,(H,22,25)/t13-/m0/s1. The number of aromatic nitrogens is 2. The molecular weight excluding hydrogens is 350 g/mol. The second-order valence-corrected chi connectivity index (χ2v) is 7.58. The normalized spacial score (nSPS) is 12.8. The fraction of sp³-hybridized carbons (Fsp3) is 0.300. The van der Waals surface area contributed by atoms with Gasteiger partial charge in [-0.15, -0.1) is 0 Å². The van der Waals surface area contributed by atoms with Crippen LogP contribution in [0.5, 0.6) is 0 Å². The highest BCUT2D eigenvalue weighted by Gasteiger charge is 2.22. The Hall–Kier alpha value is -2.53. The van der Waals surface area contributed by atoms with E-state index in [0.29, 0.717) is 10.8 Å². The number of benzene rings is 2. The fourth-order valence-electron chi connectivity index (χ4n) is 2.75. The van der Waals surface area contributed by atoms with Gasteiger partial charge in [0.1, 0.15) is 11.4 Å². The molecule has 3 aromatic rings. The first-order chi connectivity index (χ1) is 12.2. The SMILES string of the molecule is C[C@H](NC(=O)OC(C)(C)C)c1nc2ccc(Cl)cc2n1-c1ccccc1. The molecule has 0 saturated heterocycles. The summed E-state index contributed by atoms with van der Waals surface area (Å²) in [5, 5.41) is 3.49. The van der Waals surface area contributed by atoms with Crippen LogP contribution in [0.1, 0.15) is 39.6 Å². The molecule has 1 N–H and O–H groups in total. The Labute approximate surface area is 157 Å². The van der Waals surface area contributed by atoms with Crippen LogP contribution in [-0.2, 0) is 4.74 Å². The number of nitrogens with zero attached hydrogens (tertiary/aromatic N) is 2. The second-order valence-electron chi connectivity index (χ2n) is 7.14. The lowest BCUT2D eigenvalue weighted by Crippen LogP contribution is -2.34. The second kappa shape index (κ2) is 7.00. The topological polar surface area (TPSA) is 56.1 Å². The zero-order valence-electron chi connectivity index (χ0n) is 15.3.